The van der Waals surface area contributed by atoms with Crippen molar-refractivity contribution in [3.05, 3.63) is 51.7 Å². The van der Waals surface area contributed by atoms with Crippen LogP contribution in [-0.4, -0.2) is 9.78 Å². The van der Waals surface area contributed by atoms with Crippen molar-refractivity contribution in [2.45, 2.75) is 11.5 Å². The number of rotatable bonds is 1. The number of hydrogen-bond donors (Lipinski definition) is 1. The summed E-state index contributed by atoms with van der Waals surface area (Å²) in [5.74, 6) is 1.24. The van der Waals surface area contributed by atoms with Gasteiger partial charge in [0.15, 0.2) is 0 Å². The molecule has 16 heavy (non-hydrogen) atoms. The highest BCUT2D eigenvalue weighted by atomic mass is 32.2. The number of H-pyrrole nitrogens is 1. The Morgan fingerprint density at radius 1 is 1.38 bits per heavy atom. The molecule has 1 N–H and O–H groups in total. The standard InChI is InChI=1S/C11H9FN2OS/c12-7-2-1-3-8(4-7)14-10-6-16-5-9(10)11(15)13-14/h1-4H,5-6H2,(H,13,15). The van der Waals surface area contributed by atoms with Crippen molar-refractivity contribution in [1.29, 1.82) is 0 Å². The second-order valence-corrected chi connectivity index (χ2v) is 4.66. The maximum atomic E-state index is 13.1. The normalized spacial score (nSPS) is 14.1. The molecule has 0 unspecified atom stereocenters. The summed E-state index contributed by atoms with van der Waals surface area (Å²) in [7, 11) is 0. The lowest BCUT2D eigenvalue weighted by atomic mass is 10.2. The molecular weight excluding hydrogens is 227 g/mol. The first-order valence-electron chi connectivity index (χ1n) is 4.92. The number of hydrogen-bond acceptors (Lipinski definition) is 2. The van der Waals surface area contributed by atoms with Crippen LogP contribution in [0.15, 0.2) is 29.1 Å². The monoisotopic (exact) mass is 236 g/mol. The van der Waals surface area contributed by atoms with Crippen LogP contribution < -0.4 is 5.56 Å². The molecule has 3 rings (SSSR count). The third kappa shape index (κ3) is 1.39. The number of halogens is 1. The number of benzene rings is 1. The molecule has 1 aromatic carbocycles. The van der Waals surface area contributed by atoms with Crippen molar-refractivity contribution in [3.8, 4) is 5.69 Å². The van der Waals surface area contributed by atoms with Gasteiger partial charge in [0.05, 0.1) is 16.9 Å². The number of thioether (sulfide) groups is 1. The molecule has 1 aliphatic rings. The van der Waals surface area contributed by atoms with Gasteiger partial charge in [-0.25, -0.2) is 4.39 Å². The number of fused-ring (bicyclic) bond motifs is 1. The molecule has 0 saturated heterocycles. The number of aromatic nitrogens is 2. The summed E-state index contributed by atoms with van der Waals surface area (Å²) >= 11 is 1.70. The van der Waals surface area contributed by atoms with Gasteiger partial charge in [0.1, 0.15) is 5.82 Å². The molecule has 0 amide bonds. The first kappa shape index (κ1) is 9.72. The fourth-order valence-corrected chi connectivity index (χ4v) is 2.99. The Morgan fingerprint density at radius 3 is 3.06 bits per heavy atom. The van der Waals surface area contributed by atoms with Crippen molar-refractivity contribution in [3.63, 3.8) is 0 Å². The van der Waals surface area contributed by atoms with Crippen LogP contribution in [0.2, 0.25) is 0 Å². The first-order chi connectivity index (χ1) is 7.75. The van der Waals surface area contributed by atoms with E-state index in [-0.39, 0.29) is 11.4 Å². The van der Waals surface area contributed by atoms with Crippen LogP contribution in [0.1, 0.15) is 11.3 Å². The van der Waals surface area contributed by atoms with Crippen LogP contribution in [0.4, 0.5) is 4.39 Å². The Bertz CT molecular complexity index is 602. The molecule has 2 heterocycles. The summed E-state index contributed by atoms with van der Waals surface area (Å²) in [6, 6.07) is 6.22. The third-order valence-electron chi connectivity index (χ3n) is 2.66. The van der Waals surface area contributed by atoms with E-state index in [1.54, 1.807) is 28.6 Å². The SMILES string of the molecule is O=c1[nH]n(-c2cccc(F)c2)c2c1CSC2. The molecule has 0 spiro atoms. The van der Waals surface area contributed by atoms with E-state index in [0.717, 1.165) is 22.8 Å². The maximum Gasteiger partial charge on any atom is 0.268 e. The number of aromatic amines is 1. The van der Waals surface area contributed by atoms with Crippen LogP contribution in [-0.2, 0) is 11.5 Å². The molecule has 3 nitrogen and oxygen atoms in total. The van der Waals surface area contributed by atoms with Gasteiger partial charge in [0.25, 0.3) is 5.56 Å². The molecule has 5 heteroatoms. The predicted octanol–water partition coefficient (Wildman–Crippen LogP) is 2.05. The average Bonchev–Trinajstić information content (AvgIpc) is 2.83. The Balaban J connectivity index is 2.21. The van der Waals surface area contributed by atoms with Gasteiger partial charge in [-0.1, -0.05) is 6.07 Å². The Labute approximate surface area is 95.3 Å². The summed E-state index contributed by atoms with van der Waals surface area (Å²) in [5, 5.41) is 2.74. The lowest BCUT2D eigenvalue weighted by molar-refractivity contribution is 0.625. The van der Waals surface area contributed by atoms with E-state index in [4.69, 9.17) is 0 Å². The molecule has 0 aliphatic carbocycles. The van der Waals surface area contributed by atoms with Crippen molar-refractivity contribution < 1.29 is 4.39 Å². The Morgan fingerprint density at radius 2 is 2.25 bits per heavy atom. The van der Waals surface area contributed by atoms with Gasteiger partial charge in [-0.3, -0.25) is 14.6 Å². The Kier molecular flexibility index (Phi) is 2.14. The molecule has 0 radical (unpaired) electrons. The maximum absolute atomic E-state index is 13.1. The molecule has 0 fully saturated rings. The zero-order valence-corrected chi connectivity index (χ0v) is 9.18. The highest BCUT2D eigenvalue weighted by Crippen LogP contribution is 2.28. The van der Waals surface area contributed by atoms with E-state index in [0.29, 0.717) is 5.69 Å². The van der Waals surface area contributed by atoms with Gasteiger partial charge in [-0.2, -0.15) is 11.8 Å². The van der Waals surface area contributed by atoms with Crippen molar-refractivity contribution in [2.75, 3.05) is 0 Å². The molecule has 82 valence electrons. The van der Waals surface area contributed by atoms with Crippen molar-refractivity contribution in [1.82, 2.24) is 9.78 Å². The average molecular weight is 236 g/mol. The second kappa shape index (κ2) is 3.52. The summed E-state index contributed by atoms with van der Waals surface area (Å²) in [5.41, 5.74) is 2.37. The van der Waals surface area contributed by atoms with E-state index < -0.39 is 0 Å². The summed E-state index contributed by atoms with van der Waals surface area (Å²) in [6.45, 7) is 0. The Hall–Kier alpha value is -1.49. The minimum Gasteiger partial charge on any atom is -0.268 e. The molecule has 1 aromatic heterocycles. The fourth-order valence-electron chi connectivity index (χ4n) is 1.89. The fraction of sp³-hybridized carbons (Fsp3) is 0.182. The third-order valence-corrected chi connectivity index (χ3v) is 3.63. The number of nitrogens with one attached hydrogen (secondary N) is 1. The molecule has 1 aliphatic heterocycles. The lowest BCUT2D eigenvalue weighted by Crippen LogP contribution is -2.07. The van der Waals surface area contributed by atoms with Gasteiger partial charge in [0, 0.05) is 11.5 Å². The molecular formula is C11H9FN2OS. The molecule has 0 saturated carbocycles. The smallest absolute Gasteiger partial charge is 0.268 e. The van der Waals surface area contributed by atoms with Crippen LogP contribution in [0, 0.1) is 5.82 Å². The zero-order chi connectivity index (χ0) is 11.1. The van der Waals surface area contributed by atoms with Gasteiger partial charge >= 0.3 is 0 Å². The summed E-state index contributed by atoms with van der Waals surface area (Å²) < 4.78 is 14.8. The van der Waals surface area contributed by atoms with Crippen LogP contribution >= 0.6 is 11.8 Å². The zero-order valence-electron chi connectivity index (χ0n) is 8.37. The first-order valence-corrected chi connectivity index (χ1v) is 6.07. The summed E-state index contributed by atoms with van der Waals surface area (Å²) in [4.78, 5) is 11.6. The lowest BCUT2D eigenvalue weighted by Gasteiger charge is -2.05. The largest absolute Gasteiger partial charge is 0.268 e. The van der Waals surface area contributed by atoms with Crippen molar-refractivity contribution >= 4 is 11.8 Å². The predicted molar refractivity (Wildman–Crippen MR) is 61.3 cm³/mol. The topological polar surface area (TPSA) is 37.8 Å². The summed E-state index contributed by atoms with van der Waals surface area (Å²) in [6.07, 6.45) is 0. The van der Waals surface area contributed by atoms with E-state index >= 15 is 0 Å². The highest BCUT2D eigenvalue weighted by Gasteiger charge is 2.21. The van der Waals surface area contributed by atoms with Gasteiger partial charge < -0.3 is 0 Å². The van der Waals surface area contributed by atoms with Crippen LogP contribution in [0.3, 0.4) is 0 Å². The van der Waals surface area contributed by atoms with E-state index in [1.165, 1.54) is 12.1 Å². The minimum atomic E-state index is -0.300. The van der Waals surface area contributed by atoms with Gasteiger partial charge in [-0.15, -0.1) is 0 Å². The molecule has 0 atom stereocenters. The number of nitrogens with zero attached hydrogens (tertiary/aromatic N) is 1. The minimum absolute atomic E-state index is 0.0655. The quantitative estimate of drug-likeness (QED) is 0.823. The van der Waals surface area contributed by atoms with Gasteiger partial charge in [0.2, 0.25) is 0 Å². The molecule has 2 aromatic rings. The van der Waals surface area contributed by atoms with E-state index in [1.807, 2.05) is 0 Å². The van der Waals surface area contributed by atoms with Crippen LogP contribution in [0.5, 0.6) is 0 Å². The molecule has 0 bridgehead atoms. The van der Waals surface area contributed by atoms with E-state index in [2.05, 4.69) is 5.10 Å². The second-order valence-electron chi connectivity index (χ2n) is 3.67. The van der Waals surface area contributed by atoms with Crippen LogP contribution in [0.25, 0.3) is 5.69 Å². The van der Waals surface area contributed by atoms with Crippen molar-refractivity contribution in [2.24, 2.45) is 0 Å². The highest BCUT2D eigenvalue weighted by molar-refractivity contribution is 7.98. The van der Waals surface area contributed by atoms with E-state index in [9.17, 15) is 9.18 Å². The van der Waals surface area contributed by atoms with Gasteiger partial charge in [-0.05, 0) is 18.2 Å².